The smallest absolute Gasteiger partial charge is 0.337 e. The molecule has 1 fully saturated rings. The molecular formula is C15H21NO3. The number of methoxy groups -OCH3 is 1. The maximum absolute atomic E-state index is 11.3. The van der Waals surface area contributed by atoms with E-state index in [1.54, 1.807) is 13.2 Å². The molecule has 1 aliphatic rings. The van der Waals surface area contributed by atoms with E-state index < -0.39 is 5.97 Å². The molecule has 0 aliphatic carbocycles. The number of anilines is 1. The van der Waals surface area contributed by atoms with Crippen molar-refractivity contribution < 1.29 is 14.6 Å². The highest BCUT2D eigenvalue weighted by atomic mass is 16.5. The first-order valence-electron chi connectivity index (χ1n) is 6.69. The fourth-order valence-electron chi connectivity index (χ4n) is 2.66. The average Bonchev–Trinajstić information content (AvgIpc) is 2.39. The molecule has 0 aromatic heterocycles. The lowest BCUT2D eigenvalue weighted by molar-refractivity contribution is 0.0697. The highest BCUT2D eigenvalue weighted by Gasteiger charge is 2.22. The van der Waals surface area contributed by atoms with E-state index in [2.05, 4.69) is 4.90 Å². The molecule has 0 unspecified atom stereocenters. The van der Waals surface area contributed by atoms with Gasteiger partial charge in [-0.1, -0.05) is 6.07 Å². The number of carboxylic acids is 1. The Hall–Kier alpha value is -1.55. The number of nitrogens with zero attached hydrogens (tertiary/aromatic N) is 1. The summed E-state index contributed by atoms with van der Waals surface area (Å²) in [5.41, 5.74) is 2.35. The van der Waals surface area contributed by atoms with Gasteiger partial charge in [0.25, 0.3) is 0 Å². The van der Waals surface area contributed by atoms with Gasteiger partial charge in [-0.05, 0) is 43.4 Å². The average molecular weight is 263 g/mol. The highest BCUT2D eigenvalue weighted by molar-refractivity contribution is 5.94. The van der Waals surface area contributed by atoms with Crippen LogP contribution in [0.3, 0.4) is 0 Å². The van der Waals surface area contributed by atoms with Gasteiger partial charge in [0.1, 0.15) is 0 Å². The van der Waals surface area contributed by atoms with Gasteiger partial charge in [0, 0.05) is 26.8 Å². The summed E-state index contributed by atoms with van der Waals surface area (Å²) in [5, 5.41) is 9.28. The number of aromatic carboxylic acids is 1. The fourth-order valence-corrected chi connectivity index (χ4v) is 2.66. The second-order valence-electron chi connectivity index (χ2n) is 5.21. The van der Waals surface area contributed by atoms with Gasteiger partial charge in [0.05, 0.1) is 11.3 Å². The molecule has 0 atom stereocenters. The number of hydrogen-bond donors (Lipinski definition) is 1. The molecule has 1 heterocycles. The Labute approximate surface area is 114 Å². The van der Waals surface area contributed by atoms with Crippen LogP contribution in [-0.4, -0.2) is 37.9 Å². The molecule has 1 aromatic carbocycles. The molecule has 0 amide bonds. The zero-order valence-electron chi connectivity index (χ0n) is 11.6. The molecule has 0 bridgehead atoms. The third-order valence-corrected chi connectivity index (χ3v) is 3.74. The zero-order chi connectivity index (χ0) is 13.8. The van der Waals surface area contributed by atoms with Crippen LogP contribution in [0.5, 0.6) is 0 Å². The molecule has 0 radical (unpaired) electrons. The van der Waals surface area contributed by atoms with E-state index in [-0.39, 0.29) is 0 Å². The zero-order valence-corrected chi connectivity index (χ0v) is 11.6. The van der Waals surface area contributed by atoms with E-state index in [4.69, 9.17) is 4.74 Å². The molecule has 104 valence electrons. The normalized spacial score (nSPS) is 16.6. The van der Waals surface area contributed by atoms with E-state index in [1.807, 2.05) is 19.1 Å². The molecule has 1 N–H and O–H groups in total. The predicted octanol–water partition coefficient (Wildman–Crippen LogP) is 2.56. The molecule has 4 nitrogen and oxygen atoms in total. The van der Waals surface area contributed by atoms with Crippen LogP contribution in [0.25, 0.3) is 0 Å². The lowest BCUT2D eigenvalue weighted by Crippen LogP contribution is -2.35. The topological polar surface area (TPSA) is 49.8 Å². The molecule has 19 heavy (non-hydrogen) atoms. The van der Waals surface area contributed by atoms with Crippen LogP contribution in [0.15, 0.2) is 18.2 Å². The summed E-state index contributed by atoms with van der Waals surface area (Å²) in [4.78, 5) is 13.5. The van der Waals surface area contributed by atoms with Gasteiger partial charge < -0.3 is 14.7 Å². The monoisotopic (exact) mass is 263 g/mol. The Kier molecular flexibility index (Phi) is 4.43. The minimum absolute atomic E-state index is 0.399. The molecular weight excluding hydrogens is 242 g/mol. The van der Waals surface area contributed by atoms with Gasteiger partial charge in [-0.2, -0.15) is 0 Å². The Morgan fingerprint density at radius 3 is 2.68 bits per heavy atom. The number of aryl methyl sites for hydroxylation is 1. The molecule has 2 rings (SSSR count). The number of hydrogen-bond acceptors (Lipinski definition) is 3. The van der Waals surface area contributed by atoms with Crippen LogP contribution < -0.4 is 4.90 Å². The van der Waals surface area contributed by atoms with Crippen molar-refractivity contribution >= 4 is 11.7 Å². The standard InChI is InChI=1S/C15H21NO3/c1-11-3-4-13(15(17)18)14(9-11)16-7-5-12(6-8-16)10-19-2/h3-4,9,12H,5-8,10H2,1-2H3,(H,17,18). The van der Waals surface area contributed by atoms with Crippen LogP contribution in [0.1, 0.15) is 28.8 Å². The maximum Gasteiger partial charge on any atom is 0.337 e. The SMILES string of the molecule is COCC1CCN(c2cc(C)ccc2C(=O)O)CC1. The predicted molar refractivity (Wildman–Crippen MR) is 75.0 cm³/mol. The molecule has 0 spiro atoms. The quantitative estimate of drug-likeness (QED) is 0.907. The van der Waals surface area contributed by atoms with Crippen molar-refractivity contribution in [3.8, 4) is 0 Å². The van der Waals surface area contributed by atoms with Gasteiger partial charge in [-0.15, -0.1) is 0 Å². The minimum atomic E-state index is -0.853. The van der Waals surface area contributed by atoms with Crippen LogP contribution in [-0.2, 0) is 4.74 Å². The molecule has 4 heteroatoms. The van der Waals surface area contributed by atoms with Gasteiger partial charge >= 0.3 is 5.97 Å². The molecule has 1 aliphatic heterocycles. The van der Waals surface area contributed by atoms with E-state index in [0.717, 1.165) is 43.8 Å². The summed E-state index contributed by atoms with van der Waals surface area (Å²) < 4.78 is 5.19. The van der Waals surface area contributed by atoms with Crippen molar-refractivity contribution in [1.29, 1.82) is 0 Å². The second-order valence-corrected chi connectivity index (χ2v) is 5.21. The number of carbonyl (C=O) groups is 1. The first-order valence-corrected chi connectivity index (χ1v) is 6.69. The van der Waals surface area contributed by atoms with E-state index in [1.165, 1.54) is 0 Å². The van der Waals surface area contributed by atoms with Crippen molar-refractivity contribution in [3.63, 3.8) is 0 Å². The third kappa shape index (κ3) is 3.26. The summed E-state index contributed by atoms with van der Waals surface area (Å²) >= 11 is 0. The van der Waals surface area contributed by atoms with Crippen LogP contribution in [0.4, 0.5) is 5.69 Å². The summed E-state index contributed by atoms with van der Waals surface area (Å²) in [6.07, 6.45) is 2.11. The Morgan fingerprint density at radius 1 is 1.42 bits per heavy atom. The molecule has 0 saturated carbocycles. The summed E-state index contributed by atoms with van der Waals surface area (Å²) in [7, 11) is 1.73. The lowest BCUT2D eigenvalue weighted by atomic mass is 9.96. The number of piperidine rings is 1. The third-order valence-electron chi connectivity index (χ3n) is 3.74. The fraction of sp³-hybridized carbons (Fsp3) is 0.533. The van der Waals surface area contributed by atoms with Crippen molar-refractivity contribution in [2.75, 3.05) is 31.7 Å². The van der Waals surface area contributed by atoms with Crippen molar-refractivity contribution in [2.45, 2.75) is 19.8 Å². The Morgan fingerprint density at radius 2 is 2.11 bits per heavy atom. The Bertz CT molecular complexity index is 451. The summed E-state index contributed by atoms with van der Waals surface area (Å²) in [6.45, 7) is 4.59. The van der Waals surface area contributed by atoms with Gasteiger partial charge in [-0.25, -0.2) is 4.79 Å². The maximum atomic E-state index is 11.3. The van der Waals surface area contributed by atoms with Crippen molar-refractivity contribution in [2.24, 2.45) is 5.92 Å². The molecule has 1 aromatic rings. The van der Waals surface area contributed by atoms with Gasteiger partial charge in [0.2, 0.25) is 0 Å². The summed E-state index contributed by atoms with van der Waals surface area (Å²) in [5.74, 6) is -0.256. The first kappa shape index (κ1) is 13.9. The number of rotatable bonds is 4. The van der Waals surface area contributed by atoms with Crippen molar-refractivity contribution in [3.05, 3.63) is 29.3 Å². The Balaban J connectivity index is 2.14. The van der Waals surface area contributed by atoms with Gasteiger partial charge in [-0.3, -0.25) is 0 Å². The van der Waals surface area contributed by atoms with E-state index >= 15 is 0 Å². The van der Waals surface area contributed by atoms with Gasteiger partial charge in [0.15, 0.2) is 0 Å². The molecule has 1 saturated heterocycles. The minimum Gasteiger partial charge on any atom is -0.478 e. The largest absolute Gasteiger partial charge is 0.478 e. The van der Waals surface area contributed by atoms with E-state index in [0.29, 0.717) is 11.5 Å². The van der Waals surface area contributed by atoms with Crippen LogP contribution in [0.2, 0.25) is 0 Å². The van der Waals surface area contributed by atoms with Crippen molar-refractivity contribution in [1.82, 2.24) is 0 Å². The second kappa shape index (κ2) is 6.06. The van der Waals surface area contributed by atoms with Crippen LogP contribution >= 0.6 is 0 Å². The number of carboxylic acid groups (broad SMARTS) is 1. The number of benzene rings is 1. The van der Waals surface area contributed by atoms with E-state index in [9.17, 15) is 9.90 Å². The highest BCUT2D eigenvalue weighted by Crippen LogP contribution is 2.27. The summed E-state index contributed by atoms with van der Waals surface area (Å²) in [6, 6.07) is 5.53. The lowest BCUT2D eigenvalue weighted by Gasteiger charge is -2.34. The first-order chi connectivity index (χ1) is 9.11. The number of ether oxygens (including phenoxy) is 1. The van der Waals surface area contributed by atoms with Crippen LogP contribution in [0, 0.1) is 12.8 Å².